The van der Waals surface area contributed by atoms with E-state index in [1.807, 2.05) is 38.7 Å². The molecule has 2 saturated heterocycles. The van der Waals surface area contributed by atoms with Gasteiger partial charge in [-0.15, -0.1) is 10.2 Å². The van der Waals surface area contributed by atoms with Crippen LogP contribution >= 0.6 is 0 Å². The fourth-order valence-electron chi connectivity index (χ4n) is 4.75. The first-order valence-electron chi connectivity index (χ1n) is 10.1. The maximum absolute atomic E-state index is 12.8. The molecular formula is C21H29N5O2. The second-order valence-corrected chi connectivity index (χ2v) is 9.02. The maximum Gasteiger partial charge on any atom is 0.410 e. The number of hydrogen-bond donors (Lipinski definition) is 0. The summed E-state index contributed by atoms with van der Waals surface area (Å²) >= 11 is 0. The second-order valence-electron chi connectivity index (χ2n) is 9.02. The van der Waals surface area contributed by atoms with Crippen LogP contribution in [0.4, 0.5) is 4.79 Å². The number of carbonyl (C=O) groups is 1. The van der Waals surface area contributed by atoms with E-state index in [2.05, 4.69) is 39.7 Å². The summed E-state index contributed by atoms with van der Waals surface area (Å²) < 4.78 is 5.67. The van der Waals surface area contributed by atoms with Gasteiger partial charge in [-0.3, -0.25) is 0 Å². The van der Waals surface area contributed by atoms with E-state index < -0.39 is 5.60 Å². The lowest BCUT2D eigenvalue weighted by atomic mass is 9.82. The summed E-state index contributed by atoms with van der Waals surface area (Å²) in [5.41, 5.74) is 0.720. The number of hydrogen-bond acceptors (Lipinski definition) is 5. The number of benzene rings is 1. The van der Waals surface area contributed by atoms with E-state index in [0.717, 1.165) is 25.7 Å². The van der Waals surface area contributed by atoms with Crippen molar-refractivity contribution >= 4 is 6.09 Å². The van der Waals surface area contributed by atoms with Gasteiger partial charge in [-0.05, 0) is 70.1 Å². The van der Waals surface area contributed by atoms with Crippen molar-refractivity contribution in [1.82, 2.24) is 25.1 Å². The van der Waals surface area contributed by atoms with Gasteiger partial charge >= 0.3 is 6.09 Å². The van der Waals surface area contributed by atoms with Gasteiger partial charge in [0.25, 0.3) is 0 Å². The van der Waals surface area contributed by atoms with E-state index in [0.29, 0.717) is 11.7 Å². The van der Waals surface area contributed by atoms with E-state index >= 15 is 0 Å². The molecule has 0 radical (unpaired) electrons. The summed E-state index contributed by atoms with van der Waals surface area (Å²) in [5, 5.41) is 12.9. The SMILES string of the molecule is Cc1nnn([C@@H](c2ccccc2)C2CC3CCC(C2)N3C(=O)OC(C)(C)C)n1. The number of tetrazole rings is 1. The molecule has 4 rings (SSSR count). The Morgan fingerprint density at radius 2 is 1.79 bits per heavy atom. The zero-order chi connectivity index (χ0) is 19.9. The maximum atomic E-state index is 12.8. The quantitative estimate of drug-likeness (QED) is 0.807. The molecular weight excluding hydrogens is 354 g/mol. The molecule has 150 valence electrons. The van der Waals surface area contributed by atoms with E-state index in [1.165, 1.54) is 5.56 Å². The minimum atomic E-state index is -0.470. The van der Waals surface area contributed by atoms with Crippen LogP contribution in [-0.2, 0) is 4.74 Å². The van der Waals surface area contributed by atoms with Gasteiger partial charge in [0.2, 0.25) is 0 Å². The molecule has 28 heavy (non-hydrogen) atoms. The lowest BCUT2D eigenvalue weighted by molar-refractivity contribution is -0.00107. The highest BCUT2D eigenvalue weighted by atomic mass is 16.6. The molecule has 3 atom stereocenters. The summed E-state index contributed by atoms with van der Waals surface area (Å²) in [7, 11) is 0. The predicted molar refractivity (Wildman–Crippen MR) is 105 cm³/mol. The van der Waals surface area contributed by atoms with Gasteiger partial charge < -0.3 is 9.64 Å². The fraction of sp³-hybridized carbons (Fsp3) is 0.619. The Kier molecular flexibility index (Phi) is 4.85. The van der Waals surface area contributed by atoms with Crippen molar-refractivity contribution in [1.29, 1.82) is 0 Å². The van der Waals surface area contributed by atoms with Crippen molar-refractivity contribution in [2.75, 3.05) is 0 Å². The molecule has 0 spiro atoms. The normalized spacial score (nSPS) is 25.6. The van der Waals surface area contributed by atoms with Crippen LogP contribution in [0.25, 0.3) is 0 Å². The first-order valence-corrected chi connectivity index (χ1v) is 10.1. The van der Waals surface area contributed by atoms with Gasteiger partial charge in [0.15, 0.2) is 5.82 Å². The van der Waals surface area contributed by atoms with E-state index in [9.17, 15) is 4.79 Å². The molecule has 2 unspecified atom stereocenters. The van der Waals surface area contributed by atoms with Crippen LogP contribution in [0.3, 0.4) is 0 Å². The summed E-state index contributed by atoms with van der Waals surface area (Å²) in [6, 6.07) is 10.9. The Hall–Kier alpha value is -2.44. The van der Waals surface area contributed by atoms with Gasteiger partial charge in [-0.2, -0.15) is 4.80 Å². The molecule has 2 aromatic rings. The third kappa shape index (κ3) is 3.75. The van der Waals surface area contributed by atoms with Gasteiger partial charge in [-0.1, -0.05) is 30.3 Å². The summed E-state index contributed by atoms with van der Waals surface area (Å²) in [5.74, 6) is 1.03. The molecule has 1 aromatic carbocycles. The monoisotopic (exact) mass is 383 g/mol. The first kappa shape index (κ1) is 18.9. The minimum Gasteiger partial charge on any atom is -0.444 e. The number of carbonyl (C=O) groups excluding carboxylic acids is 1. The molecule has 0 aliphatic carbocycles. The number of aryl methyl sites for hydroxylation is 1. The van der Waals surface area contributed by atoms with E-state index in [-0.39, 0.29) is 24.2 Å². The average molecular weight is 383 g/mol. The Labute approximate surface area is 166 Å². The fourth-order valence-corrected chi connectivity index (χ4v) is 4.75. The molecule has 7 nitrogen and oxygen atoms in total. The zero-order valence-electron chi connectivity index (χ0n) is 17.1. The third-order valence-electron chi connectivity index (χ3n) is 5.74. The van der Waals surface area contributed by atoms with Gasteiger partial charge in [-0.25, -0.2) is 4.79 Å². The highest BCUT2D eigenvalue weighted by Crippen LogP contribution is 2.44. The average Bonchev–Trinajstić information content (AvgIpc) is 3.16. The predicted octanol–water partition coefficient (Wildman–Crippen LogP) is 3.75. The number of ether oxygens (including phenoxy) is 1. The third-order valence-corrected chi connectivity index (χ3v) is 5.74. The van der Waals surface area contributed by atoms with Crippen LogP contribution in [0.5, 0.6) is 0 Å². The van der Waals surface area contributed by atoms with Crippen LogP contribution in [0.2, 0.25) is 0 Å². The molecule has 7 heteroatoms. The molecule has 0 N–H and O–H groups in total. The lowest BCUT2D eigenvalue weighted by Crippen LogP contribution is -2.49. The first-order chi connectivity index (χ1) is 13.3. The molecule has 0 saturated carbocycles. The summed E-state index contributed by atoms with van der Waals surface area (Å²) in [6.45, 7) is 7.62. The smallest absolute Gasteiger partial charge is 0.410 e. The molecule has 2 aliphatic heterocycles. The number of nitrogens with zero attached hydrogens (tertiary/aromatic N) is 5. The van der Waals surface area contributed by atoms with Crippen molar-refractivity contribution in [2.24, 2.45) is 5.92 Å². The molecule has 2 aliphatic rings. The van der Waals surface area contributed by atoms with Gasteiger partial charge in [0.05, 0.1) is 0 Å². The number of aromatic nitrogens is 4. The second kappa shape index (κ2) is 7.18. The van der Waals surface area contributed by atoms with Crippen LogP contribution < -0.4 is 0 Å². The zero-order valence-corrected chi connectivity index (χ0v) is 17.1. The summed E-state index contributed by atoms with van der Waals surface area (Å²) in [4.78, 5) is 16.5. The number of amides is 1. The van der Waals surface area contributed by atoms with Crippen molar-refractivity contribution in [3.05, 3.63) is 41.7 Å². The standard InChI is InChI=1S/C21H29N5O2/c1-14-22-24-26(23-14)19(15-8-6-5-7-9-15)16-12-17-10-11-18(13-16)25(17)20(27)28-21(2,3)4/h5-9,16-19H,10-13H2,1-4H3/t16?,17?,18?,19-/m0/s1. The van der Waals surface area contributed by atoms with E-state index in [4.69, 9.17) is 4.74 Å². The number of piperidine rings is 1. The van der Waals surface area contributed by atoms with Gasteiger partial charge in [0, 0.05) is 12.1 Å². The summed E-state index contributed by atoms with van der Waals surface area (Å²) in [6.07, 6.45) is 3.74. The topological polar surface area (TPSA) is 73.1 Å². The molecule has 1 aromatic heterocycles. The van der Waals surface area contributed by atoms with Crippen molar-refractivity contribution in [3.63, 3.8) is 0 Å². The molecule has 2 bridgehead atoms. The van der Waals surface area contributed by atoms with Crippen LogP contribution in [0.1, 0.15) is 63.9 Å². The Morgan fingerprint density at radius 1 is 1.14 bits per heavy atom. The largest absolute Gasteiger partial charge is 0.444 e. The van der Waals surface area contributed by atoms with Gasteiger partial charge in [0.1, 0.15) is 11.6 Å². The molecule has 3 heterocycles. The molecule has 2 fully saturated rings. The Morgan fingerprint density at radius 3 is 2.32 bits per heavy atom. The highest BCUT2D eigenvalue weighted by Gasteiger charge is 2.47. The van der Waals surface area contributed by atoms with Crippen molar-refractivity contribution < 1.29 is 9.53 Å². The molecule has 1 amide bonds. The van der Waals surface area contributed by atoms with Crippen molar-refractivity contribution in [2.45, 2.75) is 77.1 Å². The van der Waals surface area contributed by atoms with Crippen molar-refractivity contribution in [3.8, 4) is 0 Å². The minimum absolute atomic E-state index is 0.0336. The van der Waals surface area contributed by atoms with Crippen LogP contribution in [-0.4, -0.2) is 48.9 Å². The van der Waals surface area contributed by atoms with E-state index in [1.54, 1.807) is 4.80 Å². The highest BCUT2D eigenvalue weighted by molar-refractivity contribution is 5.69. The number of fused-ring (bicyclic) bond motifs is 2. The Bertz CT molecular complexity index is 815. The van der Waals surface area contributed by atoms with Crippen LogP contribution in [0, 0.1) is 12.8 Å². The lowest BCUT2D eigenvalue weighted by Gasteiger charge is -2.41. The van der Waals surface area contributed by atoms with Crippen LogP contribution in [0.15, 0.2) is 30.3 Å². The Balaban J connectivity index is 1.58. The number of rotatable bonds is 3.